The van der Waals surface area contributed by atoms with Crippen molar-refractivity contribution in [3.63, 3.8) is 0 Å². The Hall–Kier alpha value is -0.720. The standard InChI is InChI=1S/C10H16O/c1-2-3-5-9-6-4-7-10(11)8-9/h4,6-7,9,11H,2-3,5,8H2,1H3. The van der Waals surface area contributed by atoms with Gasteiger partial charge in [-0.1, -0.05) is 31.9 Å². The van der Waals surface area contributed by atoms with Gasteiger partial charge in [0.05, 0.1) is 5.76 Å². The fourth-order valence-corrected chi connectivity index (χ4v) is 1.39. The summed E-state index contributed by atoms with van der Waals surface area (Å²) in [6.45, 7) is 2.20. The van der Waals surface area contributed by atoms with Gasteiger partial charge in [0.1, 0.15) is 0 Å². The fourth-order valence-electron chi connectivity index (χ4n) is 1.39. The highest BCUT2D eigenvalue weighted by molar-refractivity contribution is 5.14. The van der Waals surface area contributed by atoms with Crippen molar-refractivity contribution >= 4 is 0 Å². The van der Waals surface area contributed by atoms with Gasteiger partial charge >= 0.3 is 0 Å². The Morgan fingerprint density at radius 3 is 3.09 bits per heavy atom. The first-order valence-corrected chi connectivity index (χ1v) is 4.39. The normalized spacial score (nSPS) is 23.4. The minimum atomic E-state index is 0.536. The molecule has 0 bridgehead atoms. The highest BCUT2D eigenvalue weighted by Crippen LogP contribution is 2.21. The Morgan fingerprint density at radius 1 is 1.64 bits per heavy atom. The van der Waals surface area contributed by atoms with Crippen LogP contribution in [0.15, 0.2) is 24.0 Å². The van der Waals surface area contributed by atoms with Gasteiger partial charge in [-0.3, -0.25) is 0 Å². The summed E-state index contributed by atoms with van der Waals surface area (Å²) in [5.41, 5.74) is 0. The average molecular weight is 152 g/mol. The molecule has 62 valence electrons. The minimum absolute atomic E-state index is 0.536. The predicted molar refractivity (Wildman–Crippen MR) is 47.5 cm³/mol. The summed E-state index contributed by atoms with van der Waals surface area (Å²) in [5.74, 6) is 1.12. The molecule has 0 aromatic carbocycles. The van der Waals surface area contributed by atoms with Crippen molar-refractivity contribution < 1.29 is 5.11 Å². The number of hydrogen-bond donors (Lipinski definition) is 1. The van der Waals surface area contributed by atoms with E-state index in [1.807, 2.05) is 6.08 Å². The molecule has 1 rings (SSSR count). The maximum Gasteiger partial charge on any atom is 0.0928 e. The van der Waals surface area contributed by atoms with Crippen LogP contribution in [0.2, 0.25) is 0 Å². The second-order valence-corrected chi connectivity index (χ2v) is 3.15. The number of hydrogen-bond acceptors (Lipinski definition) is 1. The number of aliphatic hydroxyl groups excluding tert-OH is 1. The van der Waals surface area contributed by atoms with Gasteiger partial charge in [0.2, 0.25) is 0 Å². The fraction of sp³-hybridized carbons (Fsp3) is 0.600. The number of unbranched alkanes of at least 4 members (excludes halogenated alkanes) is 1. The molecule has 1 heteroatoms. The summed E-state index contributed by atoms with van der Waals surface area (Å²) in [6, 6.07) is 0. The van der Waals surface area contributed by atoms with Crippen molar-refractivity contribution in [1.82, 2.24) is 0 Å². The zero-order chi connectivity index (χ0) is 8.10. The van der Waals surface area contributed by atoms with Gasteiger partial charge in [0.25, 0.3) is 0 Å². The lowest BCUT2D eigenvalue weighted by Gasteiger charge is -2.13. The Bertz CT molecular complexity index is 168. The van der Waals surface area contributed by atoms with E-state index in [1.165, 1.54) is 19.3 Å². The van der Waals surface area contributed by atoms with Crippen molar-refractivity contribution in [2.45, 2.75) is 32.6 Å². The van der Waals surface area contributed by atoms with Crippen molar-refractivity contribution in [2.24, 2.45) is 5.92 Å². The van der Waals surface area contributed by atoms with Gasteiger partial charge in [-0.2, -0.15) is 0 Å². The summed E-state index contributed by atoms with van der Waals surface area (Å²) in [7, 11) is 0. The molecule has 0 amide bonds. The van der Waals surface area contributed by atoms with Crippen LogP contribution in [0, 0.1) is 5.92 Å². The van der Waals surface area contributed by atoms with Gasteiger partial charge in [0.15, 0.2) is 0 Å². The highest BCUT2D eigenvalue weighted by atomic mass is 16.3. The predicted octanol–water partition coefficient (Wildman–Crippen LogP) is 3.19. The van der Waals surface area contributed by atoms with Crippen LogP contribution in [0.25, 0.3) is 0 Å². The smallest absolute Gasteiger partial charge is 0.0928 e. The molecule has 1 aliphatic rings. The van der Waals surface area contributed by atoms with E-state index in [0.717, 1.165) is 6.42 Å². The quantitative estimate of drug-likeness (QED) is 0.658. The Kier molecular flexibility index (Phi) is 3.21. The maximum atomic E-state index is 9.19. The molecular formula is C10H16O. The zero-order valence-corrected chi connectivity index (χ0v) is 7.09. The molecular weight excluding hydrogens is 136 g/mol. The lowest BCUT2D eigenvalue weighted by Crippen LogP contribution is -2.01. The van der Waals surface area contributed by atoms with Crippen LogP contribution >= 0.6 is 0 Å². The van der Waals surface area contributed by atoms with Crippen LogP contribution in [0.4, 0.5) is 0 Å². The van der Waals surface area contributed by atoms with Crippen LogP contribution in [0.1, 0.15) is 32.6 Å². The number of allylic oxidation sites excluding steroid dienone is 4. The first-order chi connectivity index (χ1) is 5.33. The van der Waals surface area contributed by atoms with Gasteiger partial charge in [-0.25, -0.2) is 0 Å². The third kappa shape index (κ3) is 2.79. The molecule has 1 nitrogen and oxygen atoms in total. The summed E-state index contributed by atoms with van der Waals surface area (Å²) in [6.07, 6.45) is 10.5. The van der Waals surface area contributed by atoms with Gasteiger partial charge in [-0.05, 0) is 18.4 Å². The van der Waals surface area contributed by atoms with E-state index in [0.29, 0.717) is 11.7 Å². The van der Waals surface area contributed by atoms with Gasteiger partial charge < -0.3 is 5.11 Å². The molecule has 0 saturated carbocycles. The molecule has 1 unspecified atom stereocenters. The topological polar surface area (TPSA) is 20.2 Å². The third-order valence-electron chi connectivity index (χ3n) is 2.07. The molecule has 0 spiro atoms. The first-order valence-electron chi connectivity index (χ1n) is 4.39. The van der Waals surface area contributed by atoms with Crippen molar-refractivity contribution in [2.75, 3.05) is 0 Å². The van der Waals surface area contributed by atoms with Crippen LogP contribution in [0.5, 0.6) is 0 Å². The van der Waals surface area contributed by atoms with E-state index >= 15 is 0 Å². The van der Waals surface area contributed by atoms with Gasteiger partial charge in [0, 0.05) is 6.42 Å². The molecule has 0 heterocycles. The third-order valence-corrected chi connectivity index (χ3v) is 2.07. The molecule has 11 heavy (non-hydrogen) atoms. The Labute approximate surface area is 68.4 Å². The molecule has 0 aromatic rings. The van der Waals surface area contributed by atoms with Gasteiger partial charge in [-0.15, -0.1) is 0 Å². The SMILES string of the molecule is CCCCC1C=CC=C(O)C1. The van der Waals surface area contributed by atoms with Crippen LogP contribution in [-0.2, 0) is 0 Å². The molecule has 1 atom stereocenters. The monoisotopic (exact) mass is 152 g/mol. The van der Waals surface area contributed by atoms with E-state index in [1.54, 1.807) is 6.08 Å². The highest BCUT2D eigenvalue weighted by Gasteiger charge is 2.08. The Balaban J connectivity index is 2.28. The number of rotatable bonds is 3. The van der Waals surface area contributed by atoms with Crippen LogP contribution in [0.3, 0.4) is 0 Å². The van der Waals surface area contributed by atoms with Crippen molar-refractivity contribution in [3.8, 4) is 0 Å². The lowest BCUT2D eigenvalue weighted by molar-refractivity contribution is 0.356. The number of aliphatic hydroxyl groups is 1. The minimum Gasteiger partial charge on any atom is -0.512 e. The largest absolute Gasteiger partial charge is 0.512 e. The second kappa shape index (κ2) is 4.22. The molecule has 0 fully saturated rings. The molecule has 1 aliphatic carbocycles. The van der Waals surface area contributed by atoms with E-state index in [4.69, 9.17) is 0 Å². The molecule has 0 radical (unpaired) electrons. The van der Waals surface area contributed by atoms with Crippen LogP contribution < -0.4 is 0 Å². The van der Waals surface area contributed by atoms with E-state index in [9.17, 15) is 5.11 Å². The lowest BCUT2D eigenvalue weighted by atomic mass is 9.94. The van der Waals surface area contributed by atoms with E-state index < -0.39 is 0 Å². The van der Waals surface area contributed by atoms with Crippen molar-refractivity contribution in [1.29, 1.82) is 0 Å². The van der Waals surface area contributed by atoms with Crippen molar-refractivity contribution in [3.05, 3.63) is 24.0 Å². The maximum absolute atomic E-state index is 9.19. The van der Waals surface area contributed by atoms with Crippen LogP contribution in [-0.4, -0.2) is 5.11 Å². The zero-order valence-electron chi connectivity index (χ0n) is 7.09. The first kappa shape index (κ1) is 8.38. The summed E-state index contributed by atoms with van der Waals surface area (Å²) >= 11 is 0. The molecule has 0 aliphatic heterocycles. The summed E-state index contributed by atoms with van der Waals surface area (Å²) in [4.78, 5) is 0. The van der Waals surface area contributed by atoms with E-state index in [-0.39, 0.29) is 0 Å². The molecule has 0 aromatic heterocycles. The average Bonchev–Trinajstić information content (AvgIpc) is 2.01. The second-order valence-electron chi connectivity index (χ2n) is 3.15. The Morgan fingerprint density at radius 2 is 2.45 bits per heavy atom. The molecule has 0 saturated heterocycles. The van der Waals surface area contributed by atoms with E-state index in [2.05, 4.69) is 13.0 Å². The summed E-state index contributed by atoms with van der Waals surface area (Å²) in [5, 5.41) is 9.19. The summed E-state index contributed by atoms with van der Waals surface area (Å²) < 4.78 is 0. The molecule has 1 N–H and O–H groups in total.